The fourth-order valence-electron chi connectivity index (χ4n) is 2.50. The summed E-state index contributed by atoms with van der Waals surface area (Å²) in [5.41, 5.74) is 13.6. The Labute approximate surface area is 127 Å². The molecule has 7 nitrogen and oxygen atoms in total. The van der Waals surface area contributed by atoms with Crippen molar-refractivity contribution in [1.29, 1.82) is 0 Å². The smallest absolute Gasteiger partial charge is 0.224 e. The zero-order chi connectivity index (χ0) is 15.7. The number of hydrogen-bond acceptors (Lipinski definition) is 5. The molecule has 1 aromatic carbocycles. The van der Waals surface area contributed by atoms with Crippen LogP contribution in [0.4, 0.5) is 5.82 Å². The number of nitrogens with zero attached hydrogens (tertiary/aromatic N) is 4. The maximum absolute atomic E-state index is 11.4. The van der Waals surface area contributed by atoms with Gasteiger partial charge in [-0.05, 0) is 24.1 Å². The molecular formula is C15H16N6O. The van der Waals surface area contributed by atoms with Crippen molar-refractivity contribution in [2.75, 3.05) is 5.73 Å². The van der Waals surface area contributed by atoms with E-state index in [-0.39, 0.29) is 11.8 Å². The molecule has 0 bridgehead atoms. The highest BCUT2D eigenvalue weighted by atomic mass is 16.1. The van der Waals surface area contributed by atoms with Gasteiger partial charge in [0.25, 0.3) is 0 Å². The van der Waals surface area contributed by atoms with Crippen LogP contribution in [0.25, 0.3) is 16.7 Å². The van der Waals surface area contributed by atoms with Gasteiger partial charge in [0.1, 0.15) is 12.1 Å². The van der Waals surface area contributed by atoms with Crippen molar-refractivity contribution < 1.29 is 4.79 Å². The fraction of sp³-hybridized carbons (Fsp3) is 0.200. The molecule has 7 heteroatoms. The summed E-state index contributed by atoms with van der Waals surface area (Å²) in [5.74, 6) is -0.200. The molecule has 1 unspecified atom stereocenters. The van der Waals surface area contributed by atoms with Gasteiger partial charge in [-0.2, -0.15) is 5.10 Å². The van der Waals surface area contributed by atoms with Crippen LogP contribution in [0.1, 0.15) is 24.8 Å². The first-order chi connectivity index (χ1) is 10.6. The van der Waals surface area contributed by atoms with Gasteiger partial charge in [-0.25, -0.2) is 14.6 Å². The zero-order valence-electron chi connectivity index (χ0n) is 12.1. The molecule has 1 amide bonds. The molecule has 22 heavy (non-hydrogen) atoms. The number of carbonyl (C=O) groups excluding carboxylic acids is 1. The first kappa shape index (κ1) is 14.0. The van der Waals surface area contributed by atoms with Gasteiger partial charge in [-0.1, -0.05) is 19.1 Å². The van der Waals surface area contributed by atoms with Crippen LogP contribution in [0.5, 0.6) is 0 Å². The van der Waals surface area contributed by atoms with Crippen molar-refractivity contribution in [3.05, 3.63) is 42.4 Å². The molecule has 0 aliphatic carbocycles. The minimum absolute atomic E-state index is 0.276. The Kier molecular flexibility index (Phi) is 3.46. The average molecular weight is 296 g/mol. The average Bonchev–Trinajstić information content (AvgIpc) is 2.94. The number of nitrogen functional groups attached to an aromatic ring is 1. The molecular weight excluding hydrogens is 280 g/mol. The van der Waals surface area contributed by atoms with Gasteiger partial charge in [0.2, 0.25) is 5.91 Å². The number of anilines is 1. The van der Waals surface area contributed by atoms with E-state index in [0.717, 1.165) is 11.3 Å². The number of fused-ring (bicyclic) bond motifs is 1. The van der Waals surface area contributed by atoms with Crippen molar-refractivity contribution in [3.63, 3.8) is 0 Å². The number of benzene rings is 1. The lowest BCUT2D eigenvalue weighted by Gasteiger charge is -2.12. The van der Waals surface area contributed by atoms with Crippen LogP contribution < -0.4 is 11.5 Å². The van der Waals surface area contributed by atoms with Gasteiger partial charge in [-0.3, -0.25) is 4.79 Å². The molecule has 0 radical (unpaired) electrons. The first-order valence-electron chi connectivity index (χ1n) is 6.95. The summed E-state index contributed by atoms with van der Waals surface area (Å²) < 4.78 is 1.68. The normalized spacial score (nSPS) is 12.4. The van der Waals surface area contributed by atoms with E-state index in [1.807, 2.05) is 31.2 Å². The lowest BCUT2D eigenvalue weighted by Crippen LogP contribution is -2.20. The summed E-state index contributed by atoms with van der Waals surface area (Å²) in [6.45, 7) is 1.93. The van der Waals surface area contributed by atoms with Gasteiger partial charge in [0, 0.05) is 0 Å². The van der Waals surface area contributed by atoms with E-state index in [2.05, 4.69) is 15.1 Å². The van der Waals surface area contributed by atoms with E-state index in [0.29, 0.717) is 23.3 Å². The molecule has 0 aliphatic heterocycles. The van der Waals surface area contributed by atoms with E-state index in [4.69, 9.17) is 11.5 Å². The second-order valence-corrected chi connectivity index (χ2v) is 5.01. The number of amides is 1. The lowest BCUT2D eigenvalue weighted by molar-refractivity contribution is -0.119. The summed E-state index contributed by atoms with van der Waals surface area (Å²) in [7, 11) is 0. The van der Waals surface area contributed by atoms with Crippen LogP contribution in [-0.4, -0.2) is 25.7 Å². The monoisotopic (exact) mass is 296 g/mol. The second-order valence-electron chi connectivity index (χ2n) is 5.01. The highest BCUT2D eigenvalue weighted by Gasteiger charge is 2.16. The third-order valence-corrected chi connectivity index (χ3v) is 3.69. The Morgan fingerprint density at radius 1 is 1.27 bits per heavy atom. The largest absolute Gasteiger partial charge is 0.383 e. The summed E-state index contributed by atoms with van der Waals surface area (Å²) in [6.07, 6.45) is 3.71. The van der Waals surface area contributed by atoms with Crippen LogP contribution in [0.15, 0.2) is 36.8 Å². The Morgan fingerprint density at radius 3 is 2.64 bits per heavy atom. The summed E-state index contributed by atoms with van der Waals surface area (Å²) in [6, 6.07) is 7.52. The summed E-state index contributed by atoms with van der Waals surface area (Å²) >= 11 is 0. The molecule has 4 N–H and O–H groups in total. The number of nitrogens with two attached hydrogens (primary N) is 2. The Bertz CT molecular complexity index is 824. The van der Waals surface area contributed by atoms with Crippen molar-refractivity contribution in [1.82, 2.24) is 19.7 Å². The molecule has 1 atom stereocenters. The Balaban J connectivity index is 2.02. The van der Waals surface area contributed by atoms with E-state index in [1.165, 1.54) is 6.33 Å². The SMILES string of the molecule is CCC(C(N)=O)c1ccc(-n2ncc3c(N)ncnc32)cc1. The maximum Gasteiger partial charge on any atom is 0.224 e. The number of carbonyl (C=O) groups is 1. The molecule has 2 heterocycles. The topological polar surface area (TPSA) is 113 Å². The molecule has 112 valence electrons. The van der Waals surface area contributed by atoms with Gasteiger partial charge in [-0.15, -0.1) is 0 Å². The van der Waals surface area contributed by atoms with E-state index < -0.39 is 0 Å². The number of aromatic nitrogens is 4. The molecule has 0 saturated heterocycles. The van der Waals surface area contributed by atoms with Crippen LogP contribution in [0.2, 0.25) is 0 Å². The Hall–Kier alpha value is -2.96. The Morgan fingerprint density at radius 2 is 2.00 bits per heavy atom. The number of rotatable bonds is 4. The summed E-state index contributed by atoms with van der Waals surface area (Å²) in [4.78, 5) is 19.6. The predicted molar refractivity (Wildman–Crippen MR) is 83.3 cm³/mol. The first-order valence-corrected chi connectivity index (χ1v) is 6.95. The second kappa shape index (κ2) is 5.44. The third-order valence-electron chi connectivity index (χ3n) is 3.69. The van der Waals surface area contributed by atoms with Crippen molar-refractivity contribution in [3.8, 4) is 5.69 Å². The van der Waals surface area contributed by atoms with Crippen molar-refractivity contribution in [2.45, 2.75) is 19.3 Å². The maximum atomic E-state index is 11.4. The molecule has 3 aromatic rings. The van der Waals surface area contributed by atoms with Gasteiger partial charge < -0.3 is 11.5 Å². The van der Waals surface area contributed by atoms with E-state index in [1.54, 1.807) is 10.9 Å². The van der Waals surface area contributed by atoms with Crippen molar-refractivity contribution in [2.24, 2.45) is 5.73 Å². The van der Waals surface area contributed by atoms with Crippen LogP contribution in [0.3, 0.4) is 0 Å². The molecule has 2 aromatic heterocycles. The van der Waals surface area contributed by atoms with Gasteiger partial charge in [0.05, 0.1) is 23.2 Å². The van der Waals surface area contributed by atoms with Crippen LogP contribution in [0, 0.1) is 0 Å². The molecule has 0 saturated carbocycles. The zero-order valence-corrected chi connectivity index (χ0v) is 12.1. The van der Waals surface area contributed by atoms with Crippen LogP contribution in [-0.2, 0) is 4.79 Å². The van der Waals surface area contributed by atoms with E-state index in [9.17, 15) is 4.79 Å². The number of hydrogen-bond donors (Lipinski definition) is 2. The van der Waals surface area contributed by atoms with Gasteiger partial charge >= 0.3 is 0 Å². The molecule has 0 aliphatic rings. The minimum atomic E-state index is -0.319. The minimum Gasteiger partial charge on any atom is -0.383 e. The highest BCUT2D eigenvalue weighted by Crippen LogP contribution is 2.23. The molecule has 0 spiro atoms. The van der Waals surface area contributed by atoms with Gasteiger partial charge in [0.15, 0.2) is 5.65 Å². The molecule has 0 fully saturated rings. The third kappa shape index (κ3) is 2.26. The predicted octanol–water partition coefficient (Wildman–Crippen LogP) is 1.38. The molecule has 3 rings (SSSR count). The highest BCUT2D eigenvalue weighted by molar-refractivity contribution is 5.86. The van der Waals surface area contributed by atoms with Crippen molar-refractivity contribution >= 4 is 22.8 Å². The fourth-order valence-corrected chi connectivity index (χ4v) is 2.50. The van der Waals surface area contributed by atoms with Crippen LogP contribution >= 0.6 is 0 Å². The summed E-state index contributed by atoms with van der Waals surface area (Å²) in [5, 5.41) is 5.00. The standard InChI is InChI=1S/C15H16N6O/c1-2-11(14(17)22)9-3-5-10(6-4-9)21-15-12(7-20-21)13(16)18-8-19-15/h3-8,11H,2H2,1H3,(H2,17,22)(H2,16,18,19). The van der Waals surface area contributed by atoms with E-state index >= 15 is 0 Å². The lowest BCUT2D eigenvalue weighted by atomic mass is 9.96. The quantitative estimate of drug-likeness (QED) is 0.755. The number of primary amides is 1.